The molecule has 0 spiro atoms. The highest BCUT2D eigenvalue weighted by molar-refractivity contribution is 7.07. The minimum Gasteiger partial charge on any atom is -0.493 e. The van der Waals surface area contributed by atoms with Gasteiger partial charge in [0.2, 0.25) is 0 Å². The van der Waals surface area contributed by atoms with Crippen molar-refractivity contribution in [3.8, 4) is 11.5 Å². The van der Waals surface area contributed by atoms with Crippen LogP contribution >= 0.6 is 11.3 Å². The number of thiazole rings is 1. The van der Waals surface area contributed by atoms with Crippen molar-refractivity contribution < 1.29 is 19.0 Å². The van der Waals surface area contributed by atoms with Gasteiger partial charge in [0.05, 0.1) is 42.2 Å². The molecule has 0 aliphatic carbocycles. The topological polar surface area (TPSA) is 79.1 Å². The molecule has 2 heterocycles. The molecule has 0 bridgehead atoms. The SMILES string of the molecule is CCOC(=O)C1=C(C)N=c2s/c(=C\c3ccc(OCC)c(OC)c3)c(=O)n2C1/C=C/c1ccccc1. The van der Waals surface area contributed by atoms with E-state index in [-0.39, 0.29) is 12.2 Å². The van der Waals surface area contributed by atoms with Gasteiger partial charge in [-0.05, 0) is 50.1 Å². The molecule has 1 atom stereocenters. The Morgan fingerprint density at radius 2 is 1.86 bits per heavy atom. The first-order valence-corrected chi connectivity index (χ1v) is 12.5. The Labute approximate surface area is 213 Å². The maximum absolute atomic E-state index is 13.6. The van der Waals surface area contributed by atoms with E-state index in [2.05, 4.69) is 4.99 Å². The van der Waals surface area contributed by atoms with Crippen LogP contribution < -0.4 is 24.4 Å². The second kappa shape index (κ2) is 11.2. The van der Waals surface area contributed by atoms with Crippen molar-refractivity contribution in [3.63, 3.8) is 0 Å². The second-order valence-electron chi connectivity index (χ2n) is 7.96. The molecule has 1 aliphatic heterocycles. The smallest absolute Gasteiger partial charge is 0.338 e. The molecular formula is C28H28N2O5S. The predicted molar refractivity (Wildman–Crippen MR) is 141 cm³/mol. The lowest BCUT2D eigenvalue weighted by Gasteiger charge is -2.21. The third-order valence-electron chi connectivity index (χ3n) is 5.62. The highest BCUT2D eigenvalue weighted by atomic mass is 32.1. The number of aromatic nitrogens is 1. The van der Waals surface area contributed by atoms with Crippen molar-refractivity contribution >= 4 is 29.5 Å². The van der Waals surface area contributed by atoms with Crippen molar-refractivity contribution in [2.75, 3.05) is 20.3 Å². The number of methoxy groups -OCH3 is 1. The van der Waals surface area contributed by atoms with Crippen molar-refractivity contribution in [1.82, 2.24) is 4.57 Å². The van der Waals surface area contributed by atoms with Crippen LogP contribution in [0.25, 0.3) is 12.2 Å². The minimum atomic E-state index is -0.641. The van der Waals surface area contributed by atoms with Crippen LogP contribution in [-0.4, -0.2) is 30.9 Å². The van der Waals surface area contributed by atoms with E-state index >= 15 is 0 Å². The van der Waals surface area contributed by atoms with Crippen LogP contribution in [0.1, 0.15) is 37.9 Å². The largest absolute Gasteiger partial charge is 0.493 e. The molecule has 3 aromatic rings. The van der Waals surface area contributed by atoms with E-state index in [1.54, 1.807) is 31.6 Å². The number of carbonyl (C=O) groups excluding carboxylic acids is 1. The van der Waals surface area contributed by atoms with Gasteiger partial charge in [0.15, 0.2) is 16.3 Å². The summed E-state index contributed by atoms with van der Waals surface area (Å²) >= 11 is 1.28. The van der Waals surface area contributed by atoms with Gasteiger partial charge < -0.3 is 14.2 Å². The Hall–Kier alpha value is -3.91. The molecule has 7 nitrogen and oxygen atoms in total. The number of benzene rings is 2. The van der Waals surface area contributed by atoms with Crippen LogP contribution in [0.2, 0.25) is 0 Å². The van der Waals surface area contributed by atoms with E-state index in [0.717, 1.165) is 11.1 Å². The molecule has 1 aliphatic rings. The van der Waals surface area contributed by atoms with Crippen molar-refractivity contribution in [2.45, 2.75) is 26.8 Å². The molecule has 0 fully saturated rings. The van der Waals surface area contributed by atoms with Gasteiger partial charge in [0.1, 0.15) is 0 Å². The molecule has 2 aromatic carbocycles. The first kappa shape index (κ1) is 25.2. The van der Waals surface area contributed by atoms with E-state index in [9.17, 15) is 9.59 Å². The van der Waals surface area contributed by atoms with Crippen molar-refractivity contribution in [1.29, 1.82) is 0 Å². The Kier molecular flexibility index (Phi) is 7.85. The van der Waals surface area contributed by atoms with Gasteiger partial charge in [-0.2, -0.15) is 0 Å². The monoisotopic (exact) mass is 504 g/mol. The maximum Gasteiger partial charge on any atom is 0.338 e. The molecular weight excluding hydrogens is 476 g/mol. The van der Waals surface area contributed by atoms with E-state index in [0.29, 0.717) is 38.7 Å². The summed E-state index contributed by atoms with van der Waals surface area (Å²) in [5.74, 6) is 0.744. The molecule has 0 amide bonds. The van der Waals surface area contributed by atoms with Crippen molar-refractivity contribution in [3.05, 3.63) is 96.7 Å². The normalized spacial score (nSPS) is 15.6. The summed E-state index contributed by atoms with van der Waals surface area (Å²) in [4.78, 5) is 31.6. The first-order chi connectivity index (χ1) is 17.5. The number of carbonyl (C=O) groups is 1. The number of rotatable bonds is 8. The van der Waals surface area contributed by atoms with Crippen LogP contribution in [-0.2, 0) is 9.53 Å². The fourth-order valence-corrected chi connectivity index (χ4v) is 5.04. The first-order valence-electron chi connectivity index (χ1n) is 11.7. The molecule has 186 valence electrons. The third-order valence-corrected chi connectivity index (χ3v) is 6.60. The van der Waals surface area contributed by atoms with Crippen LogP contribution in [0.5, 0.6) is 11.5 Å². The molecule has 8 heteroatoms. The zero-order valence-electron chi connectivity index (χ0n) is 20.7. The van der Waals surface area contributed by atoms with Crippen molar-refractivity contribution in [2.24, 2.45) is 4.99 Å². The Balaban J connectivity index is 1.84. The maximum atomic E-state index is 13.6. The Morgan fingerprint density at radius 3 is 2.56 bits per heavy atom. The van der Waals surface area contributed by atoms with Gasteiger partial charge in [-0.25, -0.2) is 9.79 Å². The molecule has 4 rings (SSSR count). The lowest BCUT2D eigenvalue weighted by atomic mass is 10.0. The fraction of sp³-hybridized carbons (Fsp3) is 0.250. The van der Waals surface area contributed by atoms with Gasteiger partial charge >= 0.3 is 5.97 Å². The lowest BCUT2D eigenvalue weighted by molar-refractivity contribution is -0.139. The summed E-state index contributed by atoms with van der Waals surface area (Å²) in [5.41, 5.74) is 2.40. The number of hydrogen-bond donors (Lipinski definition) is 0. The summed E-state index contributed by atoms with van der Waals surface area (Å²) in [6, 6.07) is 14.6. The Bertz CT molecular complexity index is 1500. The van der Waals surface area contributed by atoms with Crippen LogP contribution in [0.3, 0.4) is 0 Å². The summed E-state index contributed by atoms with van der Waals surface area (Å²) in [7, 11) is 1.58. The highest BCUT2D eigenvalue weighted by Gasteiger charge is 2.30. The summed E-state index contributed by atoms with van der Waals surface area (Å²) in [6.45, 7) is 6.18. The van der Waals surface area contributed by atoms with Gasteiger partial charge in [-0.1, -0.05) is 59.9 Å². The number of esters is 1. The number of ether oxygens (including phenoxy) is 3. The number of fused-ring (bicyclic) bond motifs is 1. The van der Waals surface area contributed by atoms with Crippen LogP contribution in [0.4, 0.5) is 0 Å². The Morgan fingerprint density at radius 1 is 1.08 bits per heavy atom. The summed E-state index contributed by atoms with van der Waals surface area (Å²) in [6.07, 6.45) is 5.54. The molecule has 0 N–H and O–H groups in total. The molecule has 0 radical (unpaired) electrons. The van der Waals surface area contributed by atoms with Crippen LogP contribution in [0, 0.1) is 0 Å². The standard InChI is InChI=1S/C28H28N2O5S/c1-5-34-22-15-13-20(16-23(22)33-4)17-24-26(31)30-21(14-12-19-10-8-7-9-11-19)25(27(32)35-6-2)18(3)29-28(30)36-24/h7-17,21H,5-6H2,1-4H3/b14-12+,24-17-. The molecule has 36 heavy (non-hydrogen) atoms. The van der Waals surface area contributed by atoms with E-state index in [1.165, 1.54) is 11.3 Å². The zero-order chi connectivity index (χ0) is 25.7. The number of allylic oxidation sites excluding steroid dienone is 2. The molecule has 0 saturated heterocycles. The van der Waals surface area contributed by atoms with Gasteiger partial charge in [-0.15, -0.1) is 0 Å². The molecule has 1 unspecified atom stereocenters. The number of nitrogens with zero attached hydrogens (tertiary/aromatic N) is 2. The van der Waals surface area contributed by atoms with Gasteiger partial charge in [0, 0.05) is 0 Å². The van der Waals surface area contributed by atoms with Crippen LogP contribution in [0.15, 0.2) is 75.7 Å². The van der Waals surface area contributed by atoms with Gasteiger partial charge in [0.25, 0.3) is 5.56 Å². The second-order valence-corrected chi connectivity index (χ2v) is 8.97. The van der Waals surface area contributed by atoms with E-state index in [4.69, 9.17) is 14.2 Å². The van der Waals surface area contributed by atoms with Gasteiger partial charge in [-0.3, -0.25) is 9.36 Å². The molecule has 0 saturated carbocycles. The minimum absolute atomic E-state index is 0.231. The number of hydrogen-bond acceptors (Lipinski definition) is 7. The fourth-order valence-electron chi connectivity index (χ4n) is 3.98. The zero-order valence-corrected chi connectivity index (χ0v) is 21.5. The molecule has 1 aromatic heterocycles. The predicted octanol–water partition coefficient (Wildman–Crippen LogP) is 3.87. The average Bonchev–Trinajstić information content (AvgIpc) is 3.18. The summed E-state index contributed by atoms with van der Waals surface area (Å²) in [5, 5.41) is 0. The quantitative estimate of drug-likeness (QED) is 0.435. The third kappa shape index (κ3) is 5.18. The summed E-state index contributed by atoms with van der Waals surface area (Å²) < 4.78 is 18.4. The highest BCUT2D eigenvalue weighted by Crippen LogP contribution is 2.29. The lowest BCUT2D eigenvalue weighted by Crippen LogP contribution is -2.38. The average molecular weight is 505 g/mol. The van der Waals surface area contributed by atoms with E-state index < -0.39 is 12.0 Å². The van der Waals surface area contributed by atoms with E-state index in [1.807, 2.05) is 67.6 Å².